The summed E-state index contributed by atoms with van der Waals surface area (Å²) in [4.78, 5) is 0. The van der Waals surface area contributed by atoms with Gasteiger partial charge in [0, 0.05) is 21.5 Å². The van der Waals surface area contributed by atoms with Crippen LogP contribution in [0.4, 0.5) is 5.69 Å². The van der Waals surface area contributed by atoms with Gasteiger partial charge < -0.3 is 4.72 Å². The van der Waals surface area contributed by atoms with Crippen molar-refractivity contribution >= 4 is 31.7 Å². The summed E-state index contributed by atoms with van der Waals surface area (Å²) in [5, 5.41) is 0.271. The standard InChI is InChI=1S/C10H12BrNOS/c11-7-3-1-4-8-10(7)9-5-2-6-14(9,13)12-8/h1,3-4,9,14H,2,5-6H2,(H,12,13). The molecule has 1 aromatic rings. The first-order chi connectivity index (χ1) is 6.71. The first-order valence-electron chi connectivity index (χ1n) is 4.86. The van der Waals surface area contributed by atoms with E-state index in [9.17, 15) is 4.21 Å². The normalized spacial score (nSPS) is 29.1. The Balaban J connectivity index is 2.22. The van der Waals surface area contributed by atoms with Gasteiger partial charge in [-0.3, -0.25) is 4.21 Å². The van der Waals surface area contributed by atoms with E-state index in [4.69, 9.17) is 0 Å². The van der Waals surface area contributed by atoms with Crippen LogP contribution < -0.4 is 4.72 Å². The second kappa shape index (κ2) is 2.83. The topological polar surface area (TPSA) is 29.1 Å². The second-order valence-electron chi connectivity index (χ2n) is 3.99. The fraction of sp³-hybridized carbons (Fsp3) is 0.400. The Morgan fingerprint density at radius 2 is 2.36 bits per heavy atom. The van der Waals surface area contributed by atoms with E-state index in [1.807, 2.05) is 18.2 Å². The number of thiol groups is 1. The van der Waals surface area contributed by atoms with E-state index in [0.717, 1.165) is 28.8 Å². The SMILES string of the molecule is O=[SH]12CCCC1c1c(Br)cccc1N2. The fourth-order valence-corrected chi connectivity index (χ4v) is 6.50. The lowest BCUT2D eigenvalue weighted by atomic mass is 10.1. The molecule has 3 rings (SSSR count). The average molecular weight is 274 g/mol. The second-order valence-corrected chi connectivity index (χ2v) is 7.73. The molecule has 0 amide bonds. The number of fused-ring (bicyclic) bond motifs is 3. The quantitative estimate of drug-likeness (QED) is 0.700. The molecule has 1 saturated heterocycles. The number of halogens is 1. The first-order valence-corrected chi connectivity index (χ1v) is 7.61. The number of anilines is 1. The molecule has 0 radical (unpaired) electrons. The third-order valence-corrected chi connectivity index (χ3v) is 6.98. The van der Waals surface area contributed by atoms with Gasteiger partial charge in [-0.2, -0.15) is 0 Å². The highest BCUT2D eigenvalue weighted by Crippen LogP contribution is 2.51. The number of rotatable bonds is 0. The smallest absolute Gasteiger partial charge is 0.0564 e. The van der Waals surface area contributed by atoms with Crippen molar-refractivity contribution in [3.8, 4) is 0 Å². The highest BCUT2D eigenvalue weighted by atomic mass is 79.9. The molecule has 0 saturated carbocycles. The summed E-state index contributed by atoms with van der Waals surface area (Å²) in [6.45, 7) is 0. The lowest BCUT2D eigenvalue weighted by molar-refractivity contribution is 0.672. The zero-order chi connectivity index (χ0) is 9.76. The fourth-order valence-electron chi connectivity index (χ4n) is 2.55. The summed E-state index contributed by atoms with van der Waals surface area (Å²) in [6, 6.07) is 6.05. The van der Waals surface area contributed by atoms with Crippen molar-refractivity contribution in [3.05, 3.63) is 28.2 Å². The van der Waals surface area contributed by atoms with Crippen LogP contribution in [-0.4, -0.2) is 9.96 Å². The van der Waals surface area contributed by atoms with Gasteiger partial charge in [-0.1, -0.05) is 22.0 Å². The van der Waals surface area contributed by atoms with Gasteiger partial charge in [0.05, 0.1) is 5.25 Å². The predicted octanol–water partition coefficient (Wildman–Crippen LogP) is 2.64. The molecule has 0 spiro atoms. The Labute approximate surface area is 92.8 Å². The van der Waals surface area contributed by atoms with Crippen molar-refractivity contribution in [1.82, 2.24) is 0 Å². The third kappa shape index (κ3) is 1.04. The lowest BCUT2D eigenvalue weighted by Gasteiger charge is -2.17. The number of nitrogens with one attached hydrogen (secondary N) is 1. The molecule has 2 heterocycles. The largest absolute Gasteiger partial charge is 0.326 e. The molecular weight excluding hydrogens is 262 g/mol. The van der Waals surface area contributed by atoms with Gasteiger partial charge in [0.2, 0.25) is 0 Å². The summed E-state index contributed by atoms with van der Waals surface area (Å²) in [5.41, 5.74) is 2.32. The van der Waals surface area contributed by atoms with Crippen LogP contribution in [0.15, 0.2) is 22.7 Å². The van der Waals surface area contributed by atoms with Crippen LogP contribution >= 0.6 is 15.9 Å². The molecule has 2 aliphatic heterocycles. The summed E-state index contributed by atoms with van der Waals surface area (Å²) in [7, 11) is -2.12. The van der Waals surface area contributed by atoms with Gasteiger partial charge in [-0.25, -0.2) is 0 Å². The lowest BCUT2D eigenvalue weighted by Crippen LogP contribution is -2.20. The van der Waals surface area contributed by atoms with Crippen molar-refractivity contribution < 1.29 is 4.21 Å². The molecule has 0 aliphatic carbocycles. The average Bonchev–Trinajstić information content (AvgIpc) is 2.58. The Hall–Kier alpha value is -0.350. The number of hydrogen-bond acceptors (Lipinski definition) is 1. The Morgan fingerprint density at radius 3 is 3.21 bits per heavy atom. The Bertz CT molecular complexity index is 446. The van der Waals surface area contributed by atoms with Gasteiger partial charge in [-0.05, 0) is 35.1 Å². The van der Waals surface area contributed by atoms with Gasteiger partial charge in [0.25, 0.3) is 0 Å². The van der Waals surface area contributed by atoms with Gasteiger partial charge in [-0.15, -0.1) is 0 Å². The Kier molecular flexibility index (Phi) is 1.80. The molecule has 2 aliphatic rings. The highest BCUT2D eigenvalue weighted by molar-refractivity contribution is 9.10. The minimum Gasteiger partial charge on any atom is -0.326 e. The summed E-state index contributed by atoms with van der Waals surface area (Å²) in [5.74, 6) is 0.860. The van der Waals surface area contributed by atoms with Gasteiger partial charge in [0.1, 0.15) is 0 Å². The molecule has 14 heavy (non-hydrogen) atoms. The molecule has 1 atom stereocenters. The number of benzene rings is 1. The summed E-state index contributed by atoms with van der Waals surface area (Å²) < 4.78 is 16.8. The van der Waals surface area contributed by atoms with Gasteiger partial charge >= 0.3 is 0 Å². The minimum atomic E-state index is -2.12. The predicted molar refractivity (Wildman–Crippen MR) is 64.1 cm³/mol. The molecule has 1 fully saturated rings. The molecule has 76 valence electrons. The van der Waals surface area contributed by atoms with Crippen LogP contribution in [0, 0.1) is 0 Å². The van der Waals surface area contributed by atoms with E-state index in [-0.39, 0.29) is 5.25 Å². The van der Waals surface area contributed by atoms with E-state index in [2.05, 4.69) is 20.7 Å². The van der Waals surface area contributed by atoms with Crippen molar-refractivity contribution in [1.29, 1.82) is 0 Å². The van der Waals surface area contributed by atoms with Crippen LogP contribution in [0.5, 0.6) is 0 Å². The molecular formula is C10H12BrNOS. The van der Waals surface area contributed by atoms with Crippen molar-refractivity contribution in [3.63, 3.8) is 0 Å². The van der Waals surface area contributed by atoms with E-state index in [1.165, 1.54) is 5.56 Å². The summed E-state index contributed by atoms with van der Waals surface area (Å²) >= 11 is 3.55. The van der Waals surface area contributed by atoms with Crippen molar-refractivity contribution in [2.45, 2.75) is 18.1 Å². The molecule has 0 bridgehead atoms. The maximum absolute atomic E-state index is 12.5. The van der Waals surface area contributed by atoms with E-state index >= 15 is 0 Å². The zero-order valence-corrected chi connectivity index (χ0v) is 10.1. The molecule has 1 aromatic carbocycles. The zero-order valence-electron chi connectivity index (χ0n) is 7.66. The van der Waals surface area contributed by atoms with Gasteiger partial charge in [0.15, 0.2) is 0 Å². The van der Waals surface area contributed by atoms with Crippen LogP contribution in [0.2, 0.25) is 0 Å². The van der Waals surface area contributed by atoms with Crippen molar-refractivity contribution in [2.24, 2.45) is 0 Å². The molecule has 4 heteroatoms. The molecule has 0 aromatic heterocycles. The summed E-state index contributed by atoms with van der Waals surface area (Å²) in [6.07, 6.45) is 2.16. The van der Waals surface area contributed by atoms with E-state index in [1.54, 1.807) is 0 Å². The maximum Gasteiger partial charge on any atom is 0.0564 e. The molecule has 2 nitrogen and oxygen atoms in total. The Morgan fingerprint density at radius 1 is 1.50 bits per heavy atom. The van der Waals surface area contributed by atoms with E-state index in [0.29, 0.717) is 0 Å². The number of hydrogen-bond donors (Lipinski definition) is 2. The van der Waals surface area contributed by atoms with Crippen LogP contribution in [0.1, 0.15) is 23.7 Å². The monoisotopic (exact) mass is 273 g/mol. The van der Waals surface area contributed by atoms with Crippen LogP contribution in [0.25, 0.3) is 0 Å². The molecule has 1 unspecified atom stereocenters. The van der Waals surface area contributed by atoms with Crippen LogP contribution in [-0.2, 0) is 10.1 Å². The minimum absolute atomic E-state index is 0.271. The van der Waals surface area contributed by atoms with E-state index < -0.39 is 10.1 Å². The van der Waals surface area contributed by atoms with Crippen LogP contribution in [0.3, 0.4) is 0 Å². The first kappa shape index (κ1) is 8.92. The molecule has 1 N–H and O–H groups in total. The van der Waals surface area contributed by atoms with Crippen molar-refractivity contribution in [2.75, 3.05) is 10.5 Å². The highest BCUT2D eigenvalue weighted by Gasteiger charge is 2.41. The maximum atomic E-state index is 12.5. The third-order valence-electron chi connectivity index (χ3n) is 3.17.